The van der Waals surface area contributed by atoms with Gasteiger partial charge in [-0.2, -0.15) is 4.98 Å². The van der Waals surface area contributed by atoms with Crippen LogP contribution in [0.15, 0.2) is 46.3 Å². The molecule has 8 heteroatoms. The standard InChI is InChI=1S/C22H27N5O2S/c1-26-10-12-27(13-11-26)16-18-6-4-17(5-7-18)15-23-20(28)8-9-21-24-22(25-29-21)19-3-2-14-30-19/h2-7,14H,8-13,15-16H2,1H3,(H,23,28). The van der Waals surface area contributed by atoms with E-state index in [9.17, 15) is 4.79 Å². The second kappa shape index (κ2) is 9.97. The van der Waals surface area contributed by atoms with Gasteiger partial charge in [0.2, 0.25) is 17.6 Å². The van der Waals surface area contributed by atoms with Crippen molar-refractivity contribution in [1.29, 1.82) is 0 Å². The second-order valence-corrected chi connectivity index (χ2v) is 8.61. The van der Waals surface area contributed by atoms with Gasteiger partial charge in [-0.25, -0.2) is 0 Å². The summed E-state index contributed by atoms with van der Waals surface area (Å²) >= 11 is 1.56. The van der Waals surface area contributed by atoms with Crippen LogP contribution >= 0.6 is 11.3 Å². The van der Waals surface area contributed by atoms with Gasteiger partial charge in [0.05, 0.1) is 4.88 Å². The van der Waals surface area contributed by atoms with Crippen molar-refractivity contribution in [3.63, 3.8) is 0 Å². The summed E-state index contributed by atoms with van der Waals surface area (Å²) in [5.41, 5.74) is 2.41. The molecule has 1 saturated heterocycles. The van der Waals surface area contributed by atoms with E-state index in [1.54, 1.807) is 11.3 Å². The molecule has 7 nitrogen and oxygen atoms in total. The van der Waals surface area contributed by atoms with E-state index in [0.717, 1.165) is 43.2 Å². The topological polar surface area (TPSA) is 74.5 Å². The van der Waals surface area contributed by atoms with E-state index < -0.39 is 0 Å². The van der Waals surface area contributed by atoms with Crippen molar-refractivity contribution in [3.8, 4) is 10.7 Å². The van der Waals surface area contributed by atoms with E-state index in [1.165, 1.54) is 5.56 Å². The van der Waals surface area contributed by atoms with Crippen LogP contribution in [0.1, 0.15) is 23.4 Å². The Hall–Kier alpha value is -2.55. The van der Waals surface area contributed by atoms with E-state index in [2.05, 4.69) is 56.6 Å². The van der Waals surface area contributed by atoms with Gasteiger partial charge in [0, 0.05) is 52.1 Å². The summed E-state index contributed by atoms with van der Waals surface area (Å²) in [4.78, 5) is 22.3. The Morgan fingerprint density at radius 3 is 2.63 bits per heavy atom. The number of piperazine rings is 1. The molecular weight excluding hydrogens is 398 g/mol. The number of benzene rings is 1. The van der Waals surface area contributed by atoms with E-state index in [4.69, 9.17) is 4.52 Å². The molecule has 0 saturated carbocycles. The highest BCUT2D eigenvalue weighted by molar-refractivity contribution is 7.13. The van der Waals surface area contributed by atoms with Crippen LogP contribution in [-0.2, 0) is 24.3 Å². The molecule has 0 radical (unpaired) electrons. The lowest BCUT2D eigenvalue weighted by Crippen LogP contribution is -2.43. The van der Waals surface area contributed by atoms with Gasteiger partial charge in [0.1, 0.15) is 0 Å². The van der Waals surface area contributed by atoms with Crippen molar-refractivity contribution < 1.29 is 9.32 Å². The molecule has 30 heavy (non-hydrogen) atoms. The van der Waals surface area contributed by atoms with Gasteiger partial charge in [0.25, 0.3) is 0 Å². The number of carbonyl (C=O) groups is 1. The maximum absolute atomic E-state index is 12.2. The van der Waals surface area contributed by atoms with Crippen LogP contribution in [0.5, 0.6) is 0 Å². The molecule has 1 fully saturated rings. The number of hydrogen-bond acceptors (Lipinski definition) is 7. The average Bonchev–Trinajstić information content (AvgIpc) is 3.45. The Morgan fingerprint density at radius 1 is 1.13 bits per heavy atom. The number of aromatic nitrogens is 2. The van der Waals surface area contributed by atoms with E-state index in [1.807, 2.05) is 17.5 Å². The first-order chi connectivity index (χ1) is 14.7. The summed E-state index contributed by atoms with van der Waals surface area (Å²) in [5.74, 6) is 1.05. The number of hydrogen-bond donors (Lipinski definition) is 1. The van der Waals surface area contributed by atoms with E-state index >= 15 is 0 Å². The van der Waals surface area contributed by atoms with Crippen molar-refractivity contribution in [2.75, 3.05) is 33.2 Å². The molecule has 1 N–H and O–H groups in total. The lowest BCUT2D eigenvalue weighted by Gasteiger charge is -2.32. The lowest BCUT2D eigenvalue weighted by atomic mass is 10.1. The maximum Gasteiger partial charge on any atom is 0.227 e. The Labute approximate surface area is 180 Å². The molecule has 2 aromatic heterocycles. The number of amides is 1. The van der Waals surface area contributed by atoms with Gasteiger partial charge >= 0.3 is 0 Å². The van der Waals surface area contributed by atoms with Crippen molar-refractivity contribution in [2.45, 2.75) is 25.9 Å². The fourth-order valence-corrected chi connectivity index (χ4v) is 4.05. The second-order valence-electron chi connectivity index (χ2n) is 7.66. The van der Waals surface area contributed by atoms with Crippen LogP contribution in [0.3, 0.4) is 0 Å². The van der Waals surface area contributed by atoms with Crippen LogP contribution in [0, 0.1) is 0 Å². The zero-order valence-corrected chi connectivity index (χ0v) is 18.0. The smallest absolute Gasteiger partial charge is 0.227 e. The van der Waals surface area contributed by atoms with Crippen LogP contribution in [0.4, 0.5) is 0 Å². The molecule has 1 aliphatic rings. The molecule has 1 aliphatic heterocycles. The first kappa shape index (κ1) is 20.7. The van der Waals surface area contributed by atoms with E-state index in [-0.39, 0.29) is 5.91 Å². The van der Waals surface area contributed by atoms with Gasteiger partial charge in [-0.1, -0.05) is 35.5 Å². The highest BCUT2D eigenvalue weighted by Crippen LogP contribution is 2.21. The summed E-state index contributed by atoms with van der Waals surface area (Å²) in [5, 5.41) is 8.91. The Morgan fingerprint density at radius 2 is 1.90 bits per heavy atom. The van der Waals surface area contributed by atoms with Crippen LogP contribution in [-0.4, -0.2) is 59.1 Å². The van der Waals surface area contributed by atoms with Crippen molar-refractivity contribution >= 4 is 17.2 Å². The van der Waals surface area contributed by atoms with Gasteiger partial charge in [-0.15, -0.1) is 11.3 Å². The van der Waals surface area contributed by atoms with Crippen LogP contribution in [0.2, 0.25) is 0 Å². The van der Waals surface area contributed by atoms with Gasteiger partial charge in [0.15, 0.2) is 0 Å². The number of rotatable bonds is 8. The molecule has 3 heterocycles. The molecule has 158 valence electrons. The number of carbonyl (C=O) groups excluding carboxylic acids is 1. The Balaban J connectivity index is 1.18. The summed E-state index contributed by atoms with van der Waals surface area (Å²) in [6.07, 6.45) is 0.766. The van der Waals surface area contributed by atoms with Gasteiger partial charge in [-0.05, 0) is 29.6 Å². The van der Waals surface area contributed by atoms with Crippen molar-refractivity contribution in [2.24, 2.45) is 0 Å². The first-order valence-corrected chi connectivity index (χ1v) is 11.2. The van der Waals surface area contributed by atoms with Gasteiger partial charge < -0.3 is 14.7 Å². The zero-order chi connectivity index (χ0) is 20.8. The molecule has 0 atom stereocenters. The van der Waals surface area contributed by atoms with E-state index in [0.29, 0.717) is 31.1 Å². The average molecular weight is 426 g/mol. The van der Waals surface area contributed by atoms with Gasteiger partial charge in [-0.3, -0.25) is 9.69 Å². The Bertz CT molecular complexity index is 931. The largest absolute Gasteiger partial charge is 0.352 e. The number of aryl methyl sites for hydroxylation is 1. The molecule has 0 spiro atoms. The summed E-state index contributed by atoms with van der Waals surface area (Å²) < 4.78 is 5.24. The third-order valence-electron chi connectivity index (χ3n) is 5.29. The summed E-state index contributed by atoms with van der Waals surface area (Å²) in [6, 6.07) is 12.4. The monoisotopic (exact) mass is 425 g/mol. The van der Waals surface area contributed by atoms with Crippen LogP contribution < -0.4 is 5.32 Å². The lowest BCUT2D eigenvalue weighted by molar-refractivity contribution is -0.121. The number of nitrogens with one attached hydrogen (secondary N) is 1. The maximum atomic E-state index is 12.2. The molecule has 1 amide bonds. The summed E-state index contributed by atoms with van der Waals surface area (Å²) in [6.45, 7) is 5.99. The zero-order valence-electron chi connectivity index (χ0n) is 17.2. The third-order valence-corrected chi connectivity index (χ3v) is 6.16. The minimum atomic E-state index is -0.0209. The molecule has 0 bridgehead atoms. The fourth-order valence-electron chi connectivity index (χ4n) is 3.40. The molecule has 3 aromatic rings. The molecular formula is C22H27N5O2S. The predicted molar refractivity (Wildman–Crippen MR) is 117 cm³/mol. The molecule has 0 aliphatic carbocycles. The summed E-state index contributed by atoms with van der Waals surface area (Å²) in [7, 11) is 2.17. The predicted octanol–water partition coefficient (Wildman–Crippen LogP) is 2.79. The first-order valence-electron chi connectivity index (χ1n) is 10.3. The minimum Gasteiger partial charge on any atom is -0.352 e. The van der Waals surface area contributed by atoms with Crippen molar-refractivity contribution in [3.05, 3.63) is 58.8 Å². The number of likely N-dealkylation sites (N-methyl/N-ethyl adjacent to an activating group) is 1. The molecule has 1 aromatic carbocycles. The van der Waals surface area contributed by atoms with Crippen LogP contribution in [0.25, 0.3) is 10.7 Å². The highest BCUT2D eigenvalue weighted by Gasteiger charge is 2.14. The third kappa shape index (κ3) is 5.75. The Kier molecular flexibility index (Phi) is 6.88. The fraction of sp³-hybridized carbons (Fsp3) is 0.409. The van der Waals surface area contributed by atoms with Crippen molar-refractivity contribution in [1.82, 2.24) is 25.3 Å². The molecule has 4 rings (SSSR count). The SMILES string of the molecule is CN1CCN(Cc2ccc(CNC(=O)CCc3nc(-c4cccs4)no3)cc2)CC1. The number of nitrogens with zero attached hydrogens (tertiary/aromatic N) is 4. The highest BCUT2D eigenvalue weighted by atomic mass is 32.1. The number of thiophene rings is 1. The quantitative estimate of drug-likeness (QED) is 0.598. The molecule has 0 unspecified atom stereocenters. The normalized spacial score (nSPS) is 15.4. The minimum absolute atomic E-state index is 0.0209.